The molecular weight excluding hydrogens is 243 g/mol. The van der Waals surface area contributed by atoms with Crippen LogP contribution in [0.15, 0.2) is 18.2 Å². The minimum Gasteiger partial charge on any atom is -0.508 e. The minimum atomic E-state index is -0.354. The van der Waals surface area contributed by atoms with Gasteiger partial charge in [0, 0.05) is 29.8 Å². The van der Waals surface area contributed by atoms with Gasteiger partial charge in [0.1, 0.15) is 11.6 Å². The second-order valence-corrected chi connectivity index (χ2v) is 5.78. The van der Waals surface area contributed by atoms with Crippen molar-refractivity contribution in [2.45, 2.75) is 37.8 Å². The van der Waals surface area contributed by atoms with Crippen LogP contribution in [-0.2, 0) is 0 Å². The van der Waals surface area contributed by atoms with Crippen molar-refractivity contribution in [3.8, 4) is 5.75 Å². The second kappa shape index (κ2) is 5.47. The number of phenolic OH excluding ortho intramolecular Hbond substituents is 1. The molecule has 3 nitrogen and oxygen atoms in total. The van der Waals surface area contributed by atoms with Gasteiger partial charge >= 0.3 is 0 Å². The van der Waals surface area contributed by atoms with E-state index in [9.17, 15) is 9.50 Å². The van der Waals surface area contributed by atoms with E-state index in [1.807, 2.05) is 6.92 Å². The first-order chi connectivity index (χ1) is 8.94. The fourth-order valence-electron chi connectivity index (χ4n) is 2.69. The summed E-state index contributed by atoms with van der Waals surface area (Å²) in [4.78, 5) is 2.27. The van der Waals surface area contributed by atoms with Crippen molar-refractivity contribution in [3.63, 3.8) is 0 Å². The SMILES string of the molecule is CC(NCC1(N(C)C)CCC1)c1ccc(O)cc1F. The van der Waals surface area contributed by atoms with Crippen molar-refractivity contribution < 1.29 is 9.50 Å². The first-order valence-corrected chi connectivity index (χ1v) is 6.84. The van der Waals surface area contributed by atoms with Crippen LogP contribution in [0.25, 0.3) is 0 Å². The Hall–Kier alpha value is -1.13. The van der Waals surface area contributed by atoms with Gasteiger partial charge < -0.3 is 15.3 Å². The molecule has 0 spiro atoms. The lowest BCUT2D eigenvalue weighted by Crippen LogP contribution is -2.56. The van der Waals surface area contributed by atoms with Crippen LogP contribution < -0.4 is 5.32 Å². The van der Waals surface area contributed by atoms with Crippen LogP contribution in [0.4, 0.5) is 4.39 Å². The highest BCUT2D eigenvalue weighted by atomic mass is 19.1. The van der Waals surface area contributed by atoms with Crippen LogP contribution in [0.3, 0.4) is 0 Å². The molecule has 1 fully saturated rings. The van der Waals surface area contributed by atoms with E-state index < -0.39 is 0 Å². The average molecular weight is 266 g/mol. The third-order valence-corrected chi connectivity index (χ3v) is 4.42. The van der Waals surface area contributed by atoms with Gasteiger partial charge in [-0.2, -0.15) is 0 Å². The molecule has 1 saturated carbocycles. The molecule has 1 aliphatic carbocycles. The molecule has 0 heterocycles. The number of nitrogens with zero attached hydrogens (tertiary/aromatic N) is 1. The number of phenols is 1. The Labute approximate surface area is 114 Å². The summed E-state index contributed by atoms with van der Waals surface area (Å²) >= 11 is 0. The largest absolute Gasteiger partial charge is 0.508 e. The molecule has 0 aliphatic heterocycles. The lowest BCUT2D eigenvalue weighted by atomic mass is 9.75. The lowest BCUT2D eigenvalue weighted by molar-refractivity contribution is 0.0575. The summed E-state index contributed by atoms with van der Waals surface area (Å²) in [5.41, 5.74) is 0.827. The monoisotopic (exact) mass is 266 g/mol. The summed E-state index contributed by atoms with van der Waals surface area (Å²) in [6, 6.07) is 4.28. The molecule has 0 saturated heterocycles. The van der Waals surface area contributed by atoms with Crippen LogP contribution in [0.2, 0.25) is 0 Å². The van der Waals surface area contributed by atoms with Crippen molar-refractivity contribution in [2.75, 3.05) is 20.6 Å². The fraction of sp³-hybridized carbons (Fsp3) is 0.600. The molecule has 19 heavy (non-hydrogen) atoms. The Morgan fingerprint density at radius 3 is 2.58 bits per heavy atom. The molecule has 1 aromatic rings. The number of hydrogen-bond donors (Lipinski definition) is 2. The quantitative estimate of drug-likeness (QED) is 0.860. The van der Waals surface area contributed by atoms with Gasteiger partial charge in [-0.25, -0.2) is 4.39 Å². The zero-order chi connectivity index (χ0) is 14.0. The van der Waals surface area contributed by atoms with Crippen molar-refractivity contribution in [1.29, 1.82) is 0 Å². The molecule has 1 aliphatic rings. The topological polar surface area (TPSA) is 35.5 Å². The molecular formula is C15H23FN2O. The van der Waals surface area contributed by atoms with Gasteiger partial charge in [0.25, 0.3) is 0 Å². The molecule has 0 amide bonds. The number of benzene rings is 1. The molecule has 106 valence electrons. The normalized spacial score (nSPS) is 19.2. The standard InChI is InChI=1S/C15H23FN2O/c1-11(13-6-5-12(19)9-14(13)16)17-10-15(18(2)3)7-4-8-15/h5-6,9,11,17,19H,4,7-8,10H2,1-3H3. The summed E-state index contributed by atoms with van der Waals surface area (Å²) in [6.45, 7) is 2.82. The Kier molecular flexibility index (Phi) is 4.11. The molecule has 1 atom stereocenters. The average Bonchev–Trinajstić information content (AvgIpc) is 2.26. The highest BCUT2D eigenvalue weighted by Gasteiger charge is 2.38. The molecule has 1 unspecified atom stereocenters. The van der Waals surface area contributed by atoms with Gasteiger partial charge in [0.2, 0.25) is 0 Å². The van der Waals surface area contributed by atoms with Crippen LogP contribution in [0.1, 0.15) is 37.8 Å². The summed E-state index contributed by atoms with van der Waals surface area (Å²) in [5.74, 6) is -0.385. The van der Waals surface area contributed by atoms with Crippen LogP contribution in [0, 0.1) is 5.82 Å². The molecule has 4 heteroatoms. The smallest absolute Gasteiger partial charge is 0.131 e. The van der Waals surface area contributed by atoms with Gasteiger partial charge in [-0.05, 0) is 46.3 Å². The van der Waals surface area contributed by atoms with E-state index in [-0.39, 0.29) is 23.1 Å². The summed E-state index contributed by atoms with van der Waals surface area (Å²) < 4.78 is 13.8. The minimum absolute atomic E-state index is 0.0304. The van der Waals surface area contributed by atoms with Crippen molar-refractivity contribution >= 4 is 0 Å². The lowest BCUT2D eigenvalue weighted by Gasteiger charge is -2.48. The molecule has 0 bridgehead atoms. The Morgan fingerprint density at radius 2 is 2.11 bits per heavy atom. The number of likely N-dealkylation sites (N-methyl/N-ethyl adjacent to an activating group) is 1. The van der Waals surface area contributed by atoms with E-state index in [4.69, 9.17) is 0 Å². The maximum atomic E-state index is 13.8. The summed E-state index contributed by atoms with van der Waals surface area (Å²) in [7, 11) is 4.21. The van der Waals surface area contributed by atoms with Crippen LogP contribution in [0.5, 0.6) is 5.75 Å². The second-order valence-electron chi connectivity index (χ2n) is 5.78. The molecule has 1 aromatic carbocycles. The first kappa shape index (κ1) is 14.3. The fourth-order valence-corrected chi connectivity index (χ4v) is 2.69. The van der Waals surface area contributed by atoms with Crippen molar-refractivity contribution in [1.82, 2.24) is 10.2 Å². The predicted molar refractivity (Wildman–Crippen MR) is 74.8 cm³/mol. The van der Waals surface area contributed by atoms with Gasteiger partial charge in [0.05, 0.1) is 0 Å². The Morgan fingerprint density at radius 1 is 1.42 bits per heavy atom. The number of nitrogens with one attached hydrogen (secondary N) is 1. The Bertz CT molecular complexity index is 444. The highest BCUT2D eigenvalue weighted by molar-refractivity contribution is 5.29. The van der Waals surface area contributed by atoms with Crippen molar-refractivity contribution in [3.05, 3.63) is 29.6 Å². The molecule has 0 radical (unpaired) electrons. The third-order valence-electron chi connectivity index (χ3n) is 4.42. The molecule has 0 aromatic heterocycles. The van der Waals surface area contributed by atoms with Gasteiger partial charge in [0.15, 0.2) is 0 Å². The van der Waals surface area contributed by atoms with E-state index >= 15 is 0 Å². The van der Waals surface area contributed by atoms with E-state index in [1.54, 1.807) is 6.07 Å². The van der Waals surface area contributed by atoms with Crippen molar-refractivity contribution in [2.24, 2.45) is 0 Å². The van der Waals surface area contributed by atoms with Crippen LogP contribution >= 0.6 is 0 Å². The number of halogens is 1. The number of aromatic hydroxyl groups is 1. The Balaban J connectivity index is 1.99. The van der Waals surface area contributed by atoms with Gasteiger partial charge in [-0.15, -0.1) is 0 Å². The maximum absolute atomic E-state index is 13.8. The van der Waals surface area contributed by atoms with E-state index in [2.05, 4.69) is 24.3 Å². The number of rotatable bonds is 5. The molecule has 2 N–H and O–H groups in total. The van der Waals surface area contributed by atoms with Gasteiger partial charge in [-0.1, -0.05) is 6.07 Å². The first-order valence-electron chi connectivity index (χ1n) is 6.84. The zero-order valence-electron chi connectivity index (χ0n) is 11.9. The number of hydrogen-bond acceptors (Lipinski definition) is 3. The van der Waals surface area contributed by atoms with E-state index in [0.717, 1.165) is 6.54 Å². The maximum Gasteiger partial charge on any atom is 0.131 e. The highest BCUT2D eigenvalue weighted by Crippen LogP contribution is 2.36. The van der Waals surface area contributed by atoms with Crippen LogP contribution in [-0.4, -0.2) is 36.2 Å². The van der Waals surface area contributed by atoms with E-state index in [1.165, 1.54) is 31.4 Å². The summed E-state index contributed by atoms with van der Waals surface area (Å²) in [5, 5.41) is 12.7. The third kappa shape index (κ3) is 2.90. The van der Waals surface area contributed by atoms with E-state index in [0.29, 0.717) is 5.56 Å². The van der Waals surface area contributed by atoms with Gasteiger partial charge in [-0.3, -0.25) is 0 Å². The molecule has 2 rings (SSSR count). The zero-order valence-corrected chi connectivity index (χ0v) is 11.9. The summed E-state index contributed by atoms with van der Waals surface area (Å²) in [6.07, 6.45) is 3.65. The predicted octanol–water partition coefficient (Wildman–Crippen LogP) is 2.67.